The van der Waals surface area contributed by atoms with Crippen LogP contribution in [-0.4, -0.2) is 17.2 Å². The minimum absolute atomic E-state index is 0.00738. The number of halogens is 3. The summed E-state index contributed by atoms with van der Waals surface area (Å²) in [4.78, 5) is 0. The highest BCUT2D eigenvalue weighted by Crippen LogP contribution is 2.50. The van der Waals surface area contributed by atoms with Crippen molar-refractivity contribution in [2.75, 3.05) is 0 Å². The van der Waals surface area contributed by atoms with Crippen molar-refractivity contribution in [1.29, 1.82) is 0 Å². The van der Waals surface area contributed by atoms with E-state index in [9.17, 15) is 13.2 Å². The van der Waals surface area contributed by atoms with Gasteiger partial charge in [-0.1, -0.05) is 29.8 Å². The quantitative estimate of drug-likeness (QED) is 0.581. The van der Waals surface area contributed by atoms with E-state index in [1.807, 2.05) is 31.2 Å². The van der Waals surface area contributed by atoms with Gasteiger partial charge < -0.3 is 4.57 Å². The summed E-state index contributed by atoms with van der Waals surface area (Å²) in [6.45, 7) is 5.46. The lowest BCUT2D eigenvalue weighted by Crippen LogP contribution is -2.25. The molecule has 1 aliphatic rings. The molecular formula is C18H18F3N3. The van der Waals surface area contributed by atoms with Crippen molar-refractivity contribution in [2.45, 2.75) is 32.2 Å². The van der Waals surface area contributed by atoms with E-state index >= 15 is 0 Å². The summed E-state index contributed by atoms with van der Waals surface area (Å²) in [7, 11) is 0. The summed E-state index contributed by atoms with van der Waals surface area (Å²) in [6.07, 6.45) is 1.84. The van der Waals surface area contributed by atoms with Gasteiger partial charge in [-0.15, -0.1) is 5.10 Å². The topological polar surface area (TPSA) is 29.6 Å². The van der Waals surface area contributed by atoms with E-state index in [1.165, 1.54) is 4.57 Å². The third-order valence-electron chi connectivity index (χ3n) is 4.29. The average molecular weight is 333 g/mol. The molecule has 1 aromatic heterocycles. The number of alkyl halides is 2. The van der Waals surface area contributed by atoms with Gasteiger partial charge in [0.15, 0.2) is 11.3 Å². The standard InChI is InChI=1S/C18H18F3N3/c1-12-4-3-5-13(10-12)15-7-9-24(17(16(15)19)23-22-2)8-6-14-11-18(14,20)21/h3-5,7,9-10,14H,2,6,8,11H2,1H3/b23-17-. The molecule has 3 rings (SSSR count). The number of pyridine rings is 1. The van der Waals surface area contributed by atoms with Crippen molar-refractivity contribution in [3.8, 4) is 11.1 Å². The Hall–Kier alpha value is -2.37. The van der Waals surface area contributed by atoms with Crippen LogP contribution in [0.15, 0.2) is 46.7 Å². The minimum Gasteiger partial charge on any atom is -0.329 e. The molecule has 1 aromatic carbocycles. The molecular weight excluding hydrogens is 315 g/mol. The number of aromatic nitrogens is 1. The van der Waals surface area contributed by atoms with Gasteiger partial charge in [0.2, 0.25) is 0 Å². The van der Waals surface area contributed by atoms with Crippen LogP contribution in [0.4, 0.5) is 13.2 Å². The molecule has 1 atom stereocenters. The SMILES string of the molecule is C=N/N=c1/c(F)c(-c2cccc(C)c2)ccn1CCC1CC1(F)F. The maximum absolute atomic E-state index is 14.9. The van der Waals surface area contributed by atoms with Crippen molar-refractivity contribution < 1.29 is 13.2 Å². The first-order chi connectivity index (χ1) is 11.4. The lowest BCUT2D eigenvalue weighted by molar-refractivity contribution is 0.0959. The summed E-state index contributed by atoms with van der Waals surface area (Å²) in [5, 5.41) is 7.18. The van der Waals surface area contributed by atoms with Crippen LogP contribution in [0, 0.1) is 18.7 Å². The normalized spacial score (nSPS) is 19.3. The molecule has 0 amide bonds. The Bertz CT molecular complexity index is 840. The molecule has 6 heteroatoms. The van der Waals surface area contributed by atoms with Crippen molar-refractivity contribution in [2.24, 2.45) is 16.1 Å². The van der Waals surface area contributed by atoms with Crippen molar-refractivity contribution in [3.05, 3.63) is 53.4 Å². The molecule has 3 nitrogen and oxygen atoms in total. The van der Waals surface area contributed by atoms with E-state index in [0.29, 0.717) is 5.56 Å². The first kappa shape index (κ1) is 16.5. The van der Waals surface area contributed by atoms with Crippen LogP contribution in [0.2, 0.25) is 0 Å². The lowest BCUT2D eigenvalue weighted by atomic mass is 10.0. The second kappa shape index (κ2) is 6.26. The molecule has 0 N–H and O–H groups in total. The van der Waals surface area contributed by atoms with Crippen LogP contribution in [0.25, 0.3) is 11.1 Å². The zero-order valence-electron chi connectivity index (χ0n) is 13.3. The Morgan fingerprint density at radius 3 is 2.71 bits per heavy atom. The average Bonchev–Trinajstić information content (AvgIpc) is 3.15. The third kappa shape index (κ3) is 3.27. The predicted octanol–water partition coefficient (Wildman–Crippen LogP) is 4.16. The molecule has 1 aliphatic carbocycles. The highest BCUT2D eigenvalue weighted by atomic mass is 19.3. The van der Waals surface area contributed by atoms with Gasteiger partial charge in [0.25, 0.3) is 5.92 Å². The van der Waals surface area contributed by atoms with Crippen LogP contribution >= 0.6 is 0 Å². The van der Waals surface area contributed by atoms with E-state index in [1.54, 1.807) is 12.3 Å². The molecule has 126 valence electrons. The van der Waals surface area contributed by atoms with Crippen molar-refractivity contribution in [3.63, 3.8) is 0 Å². The van der Waals surface area contributed by atoms with E-state index in [4.69, 9.17) is 0 Å². The van der Waals surface area contributed by atoms with Crippen LogP contribution in [0.5, 0.6) is 0 Å². The minimum atomic E-state index is -2.57. The number of hydrogen-bond acceptors (Lipinski definition) is 2. The van der Waals surface area contributed by atoms with E-state index in [0.717, 1.165) is 11.1 Å². The maximum atomic E-state index is 14.9. The first-order valence-electron chi connectivity index (χ1n) is 7.76. The predicted molar refractivity (Wildman–Crippen MR) is 87.3 cm³/mol. The van der Waals surface area contributed by atoms with E-state index in [-0.39, 0.29) is 24.9 Å². The van der Waals surface area contributed by atoms with Gasteiger partial charge in [-0.3, -0.25) is 0 Å². The number of benzene rings is 1. The Labute approximate surface area is 138 Å². The van der Waals surface area contributed by atoms with Gasteiger partial charge in [-0.2, -0.15) is 5.10 Å². The molecule has 1 unspecified atom stereocenters. The van der Waals surface area contributed by atoms with Crippen molar-refractivity contribution >= 4 is 6.72 Å². The van der Waals surface area contributed by atoms with Gasteiger partial charge in [0, 0.05) is 37.4 Å². The molecule has 0 aliphatic heterocycles. The van der Waals surface area contributed by atoms with Gasteiger partial charge in [-0.05, 0) is 25.0 Å². The zero-order valence-corrected chi connectivity index (χ0v) is 13.3. The fourth-order valence-electron chi connectivity index (χ4n) is 2.82. The molecule has 1 fully saturated rings. The van der Waals surface area contributed by atoms with Gasteiger partial charge in [0.05, 0.1) is 0 Å². The molecule has 1 heterocycles. The fraction of sp³-hybridized carbons (Fsp3) is 0.333. The smallest absolute Gasteiger partial charge is 0.251 e. The Balaban J connectivity index is 1.96. The van der Waals surface area contributed by atoms with Gasteiger partial charge >= 0.3 is 0 Å². The van der Waals surface area contributed by atoms with E-state index < -0.39 is 17.7 Å². The number of nitrogens with zero attached hydrogens (tertiary/aromatic N) is 3. The Kier molecular flexibility index (Phi) is 4.30. The largest absolute Gasteiger partial charge is 0.329 e. The van der Waals surface area contributed by atoms with Gasteiger partial charge in [-0.25, -0.2) is 13.2 Å². The monoisotopic (exact) mass is 333 g/mol. The molecule has 0 bridgehead atoms. The Morgan fingerprint density at radius 1 is 1.33 bits per heavy atom. The lowest BCUT2D eigenvalue weighted by Gasteiger charge is -2.11. The zero-order chi connectivity index (χ0) is 17.3. The highest BCUT2D eigenvalue weighted by Gasteiger charge is 2.55. The fourth-order valence-corrected chi connectivity index (χ4v) is 2.82. The first-order valence-corrected chi connectivity index (χ1v) is 7.76. The molecule has 0 radical (unpaired) electrons. The van der Waals surface area contributed by atoms with Crippen LogP contribution in [0.3, 0.4) is 0 Å². The highest BCUT2D eigenvalue weighted by molar-refractivity contribution is 5.64. The van der Waals surface area contributed by atoms with Crippen LogP contribution < -0.4 is 5.49 Å². The Morgan fingerprint density at radius 2 is 2.08 bits per heavy atom. The molecule has 24 heavy (non-hydrogen) atoms. The van der Waals surface area contributed by atoms with E-state index in [2.05, 4.69) is 16.9 Å². The number of rotatable bonds is 5. The van der Waals surface area contributed by atoms with Crippen LogP contribution in [-0.2, 0) is 6.54 Å². The van der Waals surface area contributed by atoms with Gasteiger partial charge in [0.1, 0.15) is 0 Å². The molecule has 0 saturated heterocycles. The summed E-state index contributed by atoms with van der Waals surface area (Å²) in [5.41, 5.74) is 2.15. The van der Waals surface area contributed by atoms with Crippen molar-refractivity contribution in [1.82, 2.24) is 4.57 Å². The van der Waals surface area contributed by atoms with Crippen LogP contribution in [0.1, 0.15) is 18.4 Å². The number of aryl methyl sites for hydroxylation is 2. The number of hydrogen-bond donors (Lipinski definition) is 0. The molecule has 2 aromatic rings. The third-order valence-corrected chi connectivity index (χ3v) is 4.29. The molecule has 0 spiro atoms. The summed E-state index contributed by atoms with van der Waals surface area (Å²) in [5.74, 6) is -3.73. The second-order valence-corrected chi connectivity index (χ2v) is 6.12. The maximum Gasteiger partial charge on any atom is 0.251 e. The summed E-state index contributed by atoms with van der Waals surface area (Å²) < 4.78 is 42.4. The second-order valence-electron chi connectivity index (χ2n) is 6.12. The summed E-state index contributed by atoms with van der Waals surface area (Å²) >= 11 is 0. The summed E-state index contributed by atoms with van der Waals surface area (Å²) in [6, 6.07) is 9.10. The molecule has 1 saturated carbocycles.